The highest BCUT2D eigenvalue weighted by atomic mass is 35.5. The third-order valence-corrected chi connectivity index (χ3v) is 6.54. The lowest BCUT2D eigenvalue weighted by atomic mass is 9.89. The van der Waals surface area contributed by atoms with Gasteiger partial charge < -0.3 is 10.6 Å². The molecule has 0 saturated carbocycles. The van der Waals surface area contributed by atoms with E-state index in [1.165, 1.54) is 5.56 Å². The third kappa shape index (κ3) is 4.82. The van der Waals surface area contributed by atoms with Gasteiger partial charge in [-0.15, -0.1) is 12.4 Å². The summed E-state index contributed by atoms with van der Waals surface area (Å²) < 4.78 is 24.9. The summed E-state index contributed by atoms with van der Waals surface area (Å²) in [4.78, 5) is 2.63. The second kappa shape index (κ2) is 8.81. The molecule has 4 nitrogen and oxygen atoms in total. The van der Waals surface area contributed by atoms with E-state index in [1.807, 2.05) is 24.3 Å². The van der Waals surface area contributed by atoms with Gasteiger partial charge in [-0.2, -0.15) is 0 Å². The van der Waals surface area contributed by atoms with Gasteiger partial charge in [0.05, 0.1) is 10.6 Å². The van der Waals surface area contributed by atoms with Gasteiger partial charge >= 0.3 is 0 Å². The Morgan fingerprint density at radius 1 is 0.960 bits per heavy atom. The predicted octanol–water partition coefficient (Wildman–Crippen LogP) is 2.56. The Labute approximate surface area is 156 Å². The van der Waals surface area contributed by atoms with Gasteiger partial charge in [-0.1, -0.05) is 48.5 Å². The molecule has 0 unspecified atom stereocenters. The average Bonchev–Trinajstić information content (AvgIpc) is 3.05. The molecule has 0 amide bonds. The molecule has 2 aromatic rings. The van der Waals surface area contributed by atoms with E-state index >= 15 is 0 Å². The maximum absolute atomic E-state index is 12.4. The quantitative estimate of drug-likeness (QED) is 0.836. The third-order valence-electron chi connectivity index (χ3n) is 4.83. The SMILES string of the molecule is Cl.NC[C@@H]1CN(CCS(=O)(=O)c2ccccc2)C[C@H]1c1ccccc1. The summed E-state index contributed by atoms with van der Waals surface area (Å²) in [6.07, 6.45) is 0. The molecule has 1 fully saturated rings. The van der Waals surface area contributed by atoms with Gasteiger partial charge in [0.25, 0.3) is 0 Å². The molecular formula is C19H25ClN2O2S. The summed E-state index contributed by atoms with van der Waals surface area (Å²) in [7, 11) is -3.23. The molecule has 136 valence electrons. The fourth-order valence-electron chi connectivity index (χ4n) is 3.45. The molecule has 0 radical (unpaired) electrons. The van der Waals surface area contributed by atoms with Crippen LogP contribution in [0.4, 0.5) is 0 Å². The van der Waals surface area contributed by atoms with Crippen LogP contribution in [-0.2, 0) is 9.84 Å². The molecule has 2 atom stereocenters. The summed E-state index contributed by atoms with van der Waals surface area (Å²) in [6, 6.07) is 19.1. The second-order valence-corrected chi connectivity index (χ2v) is 8.51. The van der Waals surface area contributed by atoms with Crippen LogP contribution in [0.1, 0.15) is 11.5 Å². The molecule has 1 heterocycles. The van der Waals surface area contributed by atoms with Crippen LogP contribution in [0.2, 0.25) is 0 Å². The first-order valence-corrected chi connectivity index (χ1v) is 10.0. The Bertz CT molecular complexity index is 754. The van der Waals surface area contributed by atoms with Crippen LogP contribution in [0, 0.1) is 5.92 Å². The van der Waals surface area contributed by atoms with Gasteiger partial charge in [0, 0.05) is 25.6 Å². The van der Waals surface area contributed by atoms with Crippen molar-refractivity contribution in [3.05, 3.63) is 66.2 Å². The smallest absolute Gasteiger partial charge is 0.179 e. The van der Waals surface area contributed by atoms with E-state index in [1.54, 1.807) is 24.3 Å². The highest BCUT2D eigenvalue weighted by Crippen LogP contribution is 2.31. The van der Waals surface area contributed by atoms with Crippen molar-refractivity contribution in [3.8, 4) is 0 Å². The lowest BCUT2D eigenvalue weighted by Gasteiger charge is -2.16. The van der Waals surface area contributed by atoms with E-state index in [0.717, 1.165) is 13.1 Å². The molecule has 6 heteroatoms. The number of hydrogen-bond donors (Lipinski definition) is 1. The van der Waals surface area contributed by atoms with Gasteiger partial charge in [-0.25, -0.2) is 8.42 Å². The minimum Gasteiger partial charge on any atom is -0.330 e. The molecule has 1 saturated heterocycles. The number of nitrogens with zero attached hydrogens (tertiary/aromatic N) is 1. The van der Waals surface area contributed by atoms with Crippen LogP contribution < -0.4 is 5.73 Å². The van der Waals surface area contributed by atoms with E-state index in [-0.39, 0.29) is 18.2 Å². The molecule has 1 aliphatic rings. The first-order valence-electron chi connectivity index (χ1n) is 8.35. The molecule has 0 aromatic heterocycles. The fourth-order valence-corrected chi connectivity index (χ4v) is 4.76. The highest BCUT2D eigenvalue weighted by molar-refractivity contribution is 7.91. The Hall–Kier alpha value is -1.40. The van der Waals surface area contributed by atoms with Crippen molar-refractivity contribution in [2.45, 2.75) is 10.8 Å². The lowest BCUT2D eigenvalue weighted by molar-refractivity contribution is 0.343. The van der Waals surface area contributed by atoms with Crippen molar-refractivity contribution in [2.24, 2.45) is 11.7 Å². The number of benzene rings is 2. The maximum atomic E-state index is 12.4. The number of sulfone groups is 1. The molecule has 1 aliphatic heterocycles. The first kappa shape index (κ1) is 19.9. The topological polar surface area (TPSA) is 63.4 Å². The van der Waals surface area contributed by atoms with Gasteiger partial charge in [-0.05, 0) is 30.2 Å². The van der Waals surface area contributed by atoms with Gasteiger partial charge in [0.2, 0.25) is 0 Å². The standard InChI is InChI=1S/C19H24N2O2S.ClH/c20-13-17-14-21(15-19(17)16-7-3-1-4-8-16)11-12-24(22,23)18-9-5-2-6-10-18;/h1-10,17,19H,11-15,20H2;1H/t17-,19+;/m1./s1. The lowest BCUT2D eigenvalue weighted by Crippen LogP contribution is -2.28. The van der Waals surface area contributed by atoms with Crippen LogP contribution in [0.3, 0.4) is 0 Å². The molecule has 2 aromatic carbocycles. The molecular weight excluding hydrogens is 356 g/mol. The van der Waals surface area contributed by atoms with Crippen molar-refractivity contribution in [1.82, 2.24) is 4.90 Å². The number of nitrogens with two attached hydrogens (primary N) is 1. The zero-order valence-electron chi connectivity index (χ0n) is 14.1. The Morgan fingerprint density at radius 3 is 2.16 bits per heavy atom. The largest absolute Gasteiger partial charge is 0.330 e. The van der Waals surface area contributed by atoms with Crippen molar-refractivity contribution >= 4 is 22.2 Å². The minimum atomic E-state index is -3.23. The van der Waals surface area contributed by atoms with Crippen LogP contribution in [-0.4, -0.2) is 45.2 Å². The van der Waals surface area contributed by atoms with E-state index in [9.17, 15) is 8.42 Å². The van der Waals surface area contributed by atoms with Crippen LogP contribution in [0.5, 0.6) is 0 Å². The van der Waals surface area contributed by atoms with Gasteiger partial charge in [0.1, 0.15) is 0 Å². The summed E-state index contributed by atoms with van der Waals surface area (Å²) in [5, 5.41) is 0. The van der Waals surface area contributed by atoms with Crippen LogP contribution in [0.25, 0.3) is 0 Å². The minimum absolute atomic E-state index is 0. The molecule has 2 N–H and O–H groups in total. The molecule has 3 rings (SSSR count). The summed E-state index contributed by atoms with van der Waals surface area (Å²) in [5.41, 5.74) is 7.24. The molecule has 0 bridgehead atoms. The van der Waals surface area contributed by atoms with E-state index in [2.05, 4.69) is 17.0 Å². The van der Waals surface area contributed by atoms with E-state index in [4.69, 9.17) is 5.73 Å². The fraction of sp³-hybridized carbons (Fsp3) is 0.368. The summed E-state index contributed by atoms with van der Waals surface area (Å²) in [5.74, 6) is 0.915. The number of likely N-dealkylation sites (tertiary alicyclic amines) is 1. The summed E-state index contributed by atoms with van der Waals surface area (Å²) >= 11 is 0. The Morgan fingerprint density at radius 2 is 1.56 bits per heavy atom. The van der Waals surface area contributed by atoms with E-state index < -0.39 is 9.84 Å². The van der Waals surface area contributed by atoms with Gasteiger partial charge in [-0.3, -0.25) is 0 Å². The van der Waals surface area contributed by atoms with Crippen molar-refractivity contribution in [2.75, 3.05) is 31.9 Å². The average molecular weight is 381 g/mol. The summed E-state index contributed by atoms with van der Waals surface area (Å²) in [6.45, 7) is 2.91. The maximum Gasteiger partial charge on any atom is 0.179 e. The number of hydrogen-bond acceptors (Lipinski definition) is 4. The normalized spacial score (nSPS) is 21.0. The van der Waals surface area contributed by atoms with Crippen LogP contribution >= 0.6 is 12.4 Å². The van der Waals surface area contributed by atoms with Crippen molar-refractivity contribution in [3.63, 3.8) is 0 Å². The number of halogens is 1. The van der Waals surface area contributed by atoms with E-state index in [0.29, 0.717) is 29.8 Å². The van der Waals surface area contributed by atoms with Gasteiger partial charge in [0.15, 0.2) is 9.84 Å². The highest BCUT2D eigenvalue weighted by Gasteiger charge is 2.33. The Balaban J connectivity index is 0.00000225. The monoisotopic (exact) mass is 380 g/mol. The molecule has 25 heavy (non-hydrogen) atoms. The zero-order valence-corrected chi connectivity index (χ0v) is 15.8. The van der Waals surface area contributed by atoms with Crippen molar-refractivity contribution < 1.29 is 8.42 Å². The number of rotatable bonds is 6. The zero-order chi connectivity index (χ0) is 17.0. The second-order valence-electron chi connectivity index (χ2n) is 6.40. The van der Waals surface area contributed by atoms with Crippen LogP contribution in [0.15, 0.2) is 65.6 Å². The molecule has 0 spiro atoms. The Kier molecular flexibility index (Phi) is 7.02. The predicted molar refractivity (Wildman–Crippen MR) is 104 cm³/mol. The molecule has 0 aliphatic carbocycles. The first-order chi connectivity index (χ1) is 11.6. The van der Waals surface area contributed by atoms with Crippen molar-refractivity contribution in [1.29, 1.82) is 0 Å².